The van der Waals surface area contributed by atoms with Gasteiger partial charge in [0, 0.05) is 5.56 Å². The quantitative estimate of drug-likeness (QED) is 0.641. The van der Waals surface area contributed by atoms with E-state index in [0.29, 0.717) is 17.1 Å². The number of methoxy groups -OCH3 is 1. The zero-order chi connectivity index (χ0) is 20.0. The molecule has 5 nitrogen and oxygen atoms in total. The molecule has 0 heterocycles. The van der Waals surface area contributed by atoms with Crippen LogP contribution in [-0.2, 0) is 9.84 Å². The summed E-state index contributed by atoms with van der Waals surface area (Å²) in [6, 6.07) is 24.5. The third-order valence-corrected chi connectivity index (χ3v) is 5.48. The topological polar surface area (TPSA) is 81.8 Å². The SMILES string of the molecule is COc1ccc(N=C(/C(N)=C/S(=O)(=O)c2ccccc2)c2ccccc2)cc1. The van der Waals surface area contributed by atoms with E-state index in [9.17, 15) is 8.42 Å². The molecule has 28 heavy (non-hydrogen) atoms. The number of nitrogens with two attached hydrogens (primary N) is 1. The average Bonchev–Trinajstić information content (AvgIpc) is 2.73. The first-order chi connectivity index (χ1) is 13.5. The molecule has 0 atom stereocenters. The molecule has 0 aromatic heterocycles. The van der Waals surface area contributed by atoms with Crippen LogP contribution in [0.2, 0.25) is 0 Å². The lowest BCUT2D eigenvalue weighted by Crippen LogP contribution is -2.15. The molecule has 2 N–H and O–H groups in total. The summed E-state index contributed by atoms with van der Waals surface area (Å²) in [5.74, 6) is 0.704. The summed E-state index contributed by atoms with van der Waals surface area (Å²) in [4.78, 5) is 4.76. The van der Waals surface area contributed by atoms with Crippen LogP contribution in [0.3, 0.4) is 0 Å². The van der Waals surface area contributed by atoms with Crippen LogP contribution in [0, 0.1) is 0 Å². The fourth-order valence-corrected chi connectivity index (χ4v) is 3.70. The molecule has 0 amide bonds. The Hall–Kier alpha value is -3.38. The minimum atomic E-state index is -3.70. The van der Waals surface area contributed by atoms with Crippen molar-refractivity contribution in [2.75, 3.05) is 7.11 Å². The van der Waals surface area contributed by atoms with Crippen LogP contribution in [0.1, 0.15) is 5.56 Å². The molecule has 0 aliphatic rings. The molecule has 0 radical (unpaired) electrons. The molecule has 3 rings (SSSR count). The van der Waals surface area contributed by atoms with Crippen molar-refractivity contribution < 1.29 is 13.2 Å². The van der Waals surface area contributed by atoms with Gasteiger partial charge in [-0.3, -0.25) is 0 Å². The molecule has 0 aliphatic heterocycles. The standard InChI is InChI=1S/C22H20N2O3S/c1-27-19-14-12-18(13-15-19)24-22(17-8-4-2-5-9-17)21(23)16-28(25,26)20-10-6-3-7-11-20/h2-16H,23H2,1H3/b21-16-,24-22?. The maximum absolute atomic E-state index is 12.7. The van der Waals surface area contributed by atoms with Gasteiger partial charge in [0.05, 0.1) is 34.5 Å². The summed E-state index contributed by atoms with van der Waals surface area (Å²) in [6.45, 7) is 0. The molecule has 3 aromatic carbocycles. The third kappa shape index (κ3) is 4.66. The largest absolute Gasteiger partial charge is 0.497 e. The van der Waals surface area contributed by atoms with E-state index in [2.05, 4.69) is 4.99 Å². The van der Waals surface area contributed by atoms with Crippen LogP contribution >= 0.6 is 0 Å². The van der Waals surface area contributed by atoms with Crippen molar-refractivity contribution >= 4 is 21.2 Å². The first-order valence-corrected chi connectivity index (χ1v) is 10.1. The highest BCUT2D eigenvalue weighted by Crippen LogP contribution is 2.21. The number of sulfone groups is 1. The minimum absolute atomic E-state index is 0.0610. The van der Waals surface area contributed by atoms with E-state index >= 15 is 0 Å². The molecule has 0 spiro atoms. The molecule has 0 saturated heterocycles. The summed E-state index contributed by atoms with van der Waals surface area (Å²) in [7, 11) is -2.12. The lowest BCUT2D eigenvalue weighted by atomic mass is 10.1. The highest BCUT2D eigenvalue weighted by atomic mass is 32.2. The molecule has 0 fully saturated rings. The molecule has 0 saturated carbocycles. The number of benzene rings is 3. The van der Waals surface area contributed by atoms with Gasteiger partial charge in [-0.1, -0.05) is 48.5 Å². The monoisotopic (exact) mass is 392 g/mol. The van der Waals surface area contributed by atoms with Gasteiger partial charge in [-0.05, 0) is 36.4 Å². The molecule has 6 heteroatoms. The molecule has 0 unspecified atom stereocenters. The Kier molecular flexibility index (Phi) is 5.91. The van der Waals surface area contributed by atoms with Gasteiger partial charge in [0.1, 0.15) is 5.75 Å². The molecule has 0 aliphatic carbocycles. The molecule has 0 bridgehead atoms. The Bertz CT molecular complexity index is 1090. The smallest absolute Gasteiger partial charge is 0.201 e. The van der Waals surface area contributed by atoms with Gasteiger partial charge in [-0.25, -0.2) is 13.4 Å². The van der Waals surface area contributed by atoms with Crippen molar-refractivity contribution in [1.82, 2.24) is 0 Å². The lowest BCUT2D eigenvalue weighted by Gasteiger charge is -2.09. The van der Waals surface area contributed by atoms with Gasteiger partial charge in [-0.2, -0.15) is 0 Å². The van der Waals surface area contributed by atoms with E-state index in [1.807, 2.05) is 30.3 Å². The van der Waals surface area contributed by atoms with Gasteiger partial charge >= 0.3 is 0 Å². The fraction of sp³-hybridized carbons (Fsp3) is 0.0455. The van der Waals surface area contributed by atoms with Crippen LogP contribution in [0.4, 0.5) is 5.69 Å². The van der Waals surface area contributed by atoms with Crippen molar-refractivity contribution in [3.05, 3.63) is 102 Å². The number of rotatable bonds is 6. The van der Waals surface area contributed by atoms with E-state index in [1.165, 1.54) is 12.1 Å². The summed E-state index contributed by atoms with van der Waals surface area (Å²) in [5, 5.41) is 1.05. The van der Waals surface area contributed by atoms with Crippen molar-refractivity contribution in [3.8, 4) is 5.75 Å². The second-order valence-corrected chi connectivity index (χ2v) is 7.75. The highest BCUT2D eigenvalue weighted by molar-refractivity contribution is 7.94. The predicted molar refractivity (Wildman–Crippen MR) is 112 cm³/mol. The third-order valence-electron chi connectivity index (χ3n) is 3.99. The first kappa shape index (κ1) is 19.4. The van der Waals surface area contributed by atoms with Crippen LogP contribution in [0.15, 0.2) is 106 Å². The van der Waals surface area contributed by atoms with Crippen LogP contribution in [0.25, 0.3) is 0 Å². The molecule has 3 aromatic rings. The molecule has 142 valence electrons. The van der Waals surface area contributed by atoms with Crippen molar-refractivity contribution in [3.63, 3.8) is 0 Å². The van der Waals surface area contributed by atoms with Gasteiger partial charge in [-0.15, -0.1) is 0 Å². The van der Waals surface area contributed by atoms with E-state index < -0.39 is 9.84 Å². The average molecular weight is 392 g/mol. The number of aliphatic imine (C=N–C) groups is 1. The number of ether oxygens (including phenoxy) is 1. The fourth-order valence-electron chi connectivity index (χ4n) is 2.58. The number of nitrogens with zero attached hydrogens (tertiary/aromatic N) is 1. The normalized spacial score (nSPS) is 12.6. The summed E-state index contributed by atoms with van der Waals surface area (Å²) < 4.78 is 30.5. The van der Waals surface area contributed by atoms with E-state index in [1.54, 1.807) is 49.6 Å². The Morgan fingerprint density at radius 2 is 1.46 bits per heavy atom. The number of hydrogen-bond acceptors (Lipinski definition) is 5. The van der Waals surface area contributed by atoms with Crippen LogP contribution < -0.4 is 10.5 Å². The van der Waals surface area contributed by atoms with Crippen molar-refractivity contribution in [2.45, 2.75) is 4.90 Å². The Morgan fingerprint density at radius 3 is 2.04 bits per heavy atom. The second kappa shape index (κ2) is 8.54. The molecular weight excluding hydrogens is 372 g/mol. The Labute approximate surface area is 164 Å². The zero-order valence-electron chi connectivity index (χ0n) is 15.3. The number of hydrogen-bond donors (Lipinski definition) is 1. The van der Waals surface area contributed by atoms with Gasteiger partial charge in [0.25, 0.3) is 0 Å². The number of allylic oxidation sites excluding steroid dienone is 1. The first-order valence-electron chi connectivity index (χ1n) is 8.55. The summed E-state index contributed by atoms with van der Waals surface area (Å²) in [5.41, 5.74) is 8.00. The van der Waals surface area contributed by atoms with Gasteiger partial charge < -0.3 is 10.5 Å². The van der Waals surface area contributed by atoms with Crippen LogP contribution in [0.5, 0.6) is 5.75 Å². The molecular formula is C22H20N2O3S. The van der Waals surface area contributed by atoms with Crippen molar-refractivity contribution in [1.29, 1.82) is 0 Å². The maximum atomic E-state index is 12.7. The zero-order valence-corrected chi connectivity index (χ0v) is 16.1. The van der Waals surface area contributed by atoms with E-state index in [0.717, 1.165) is 11.0 Å². The predicted octanol–water partition coefficient (Wildman–Crippen LogP) is 4.09. The second-order valence-electron chi connectivity index (χ2n) is 5.96. The van der Waals surface area contributed by atoms with Crippen molar-refractivity contribution in [2.24, 2.45) is 10.7 Å². The summed E-state index contributed by atoms with van der Waals surface area (Å²) in [6.07, 6.45) is 0. The van der Waals surface area contributed by atoms with E-state index in [4.69, 9.17) is 10.5 Å². The summed E-state index contributed by atoms with van der Waals surface area (Å²) >= 11 is 0. The Balaban J connectivity index is 2.07. The maximum Gasteiger partial charge on any atom is 0.201 e. The lowest BCUT2D eigenvalue weighted by molar-refractivity contribution is 0.415. The van der Waals surface area contributed by atoms with Gasteiger partial charge in [0.2, 0.25) is 9.84 Å². The minimum Gasteiger partial charge on any atom is -0.497 e. The van der Waals surface area contributed by atoms with E-state index in [-0.39, 0.29) is 10.6 Å². The highest BCUT2D eigenvalue weighted by Gasteiger charge is 2.15. The van der Waals surface area contributed by atoms with Crippen LogP contribution in [-0.4, -0.2) is 21.2 Å². The Morgan fingerprint density at radius 1 is 0.893 bits per heavy atom. The van der Waals surface area contributed by atoms with Gasteiger partial charge in [0.15, 0.2) is 0 Å².